The zero-order valence-corrected chi connectivity index (χ0v) is 20.3. The molecule has 35 heavy (non-hydrogen) atoms. The Hall–Kier alpha value is -3.80. The van der Waals surface area contributed by atoms with Crippen molar-refractivity contribution in [3.63, 3.8) is 0 Å². The molecule has 0 bridgehead atoms. The van der Waals surface area contributed by atoms with Crippen molar-refractivity contribution >= 4 is 16.8 Å². The van der Waals surface area contributed by atoms with Gasteiger partial charge in [0.05, 0.1) is 12.5 Å². The third-order valence-corrected chi connectivity index (χ3v) is 7.01. The fourth-order valence-corrected chi connectivity index (χ4v) is 5.05. The summed E-state index contributed by atoms with van der Waals surface area (Å²) in [5, 5.41) is 11.8. The molecule has 1 aliphatic heterocycles. The molecule has 2 N–H and O–H groups in total. The van der Waals surface area contributed by atoms with Crippen LogP contribution in [0.4, 0.5) is 0 Å². The number of carbonyl (C=O) groups is 1. The van der Waals surface area contributed by atoms with Gasteiger partial charge in [-0.15, -0.1) is 0 Å². The molecule has 5 rings (SSSR count). The second kappa shape index (κ2) is 9.10. The van der Waals surface area contributed by atoms with Crippen LogP contribution in [0.5, 0.6) is 5.75 Å². The number of amides is 1. The third kappa shape index (κ3) is 4.36. The van der Waals surface area contributed by atoms with E-state index in [9.17, 15) is 14.7 Å². The van der Waals surface area contributed by atoms with Gasteiger partial charge >= 0.3 is 0 Å². The Labute approximate surface area is 204 Å². The summed E-state index contributed by atoms with van der Waals surface area (Å²) in [6, 6.07) is 17.4. The average molecular weight is 471 g/mol. The summed E-state index contributed by atoms with van der Waals surface area (Å²) in [7, 11) is 0. The number of aromatic hydroxyl groups is 1. The number of fused-ring (bicyclic) bond motifs is 3. The minimum atomic E-state index is -0.569. The zero-order chi connectivity index (χ0) is 24.7. The smallest absolute Gasteiger partial charge is 0.227 e. The van der Waals surface area contributed by atoms with Crippen molar-refractivity contribution < 1.29 is 14.3 Å². The van der Waals surface area contributed by atoms with Gasteiger partial charge in [-0.25, -0.2) is 0 Å². The molecule has 0 unspecified atom stereocenters. The number of aryl methyl sites for hydroxylation is 1. The summed E-state index contributed by atoms with van der Waals surface area (Å²) in [5.74, 6) is -0.133. The first kappa shape index (κ1) is 23.0. The van der Waals surface area contributed by atoms with E-state index in [1.807, 2.05) is 41.3 Å². The standard InChI is InChI=1S/C29H30N2O4/c1-17(2)19-8-10-20(11-9-19)23(29-28(34)26(32)14-18(3)35-29)15-27(33)31-13-12-22-21-6-4-5-7-24(21)30-25(22)16-31/h4-11,14,17,23,30,34H,12-13,15-16H2,1-3H3/t23-/m1/s1. The molecule has 6 nitrogen and oxygen atoms in total. The number of hydrogen-bond donors (Lipinski definition) is 2. The molecule has 1 atom stereocenters. The molecular weight excluding hydrogens is 440 g/mol. The van der Waals surface area contributed by atoms with Gasteiger partial charge in [-0.05, 0) is 42.0 Å². The SMILES string of the molecule is Cc1cc(=O)c(O)c([C@H](CC(=O)N2CCc3c([nH]c4ccccc34)C2)c2ccc(C(C)C)cc2)o1. The molecular formula is C29H30N2O4. The van der Waals surface area contributed by atoms with E-state index < -0.39 is 17.1 Å². The fraction of sp³-hybridized carbons (Fsp3) is 0.310. The van der Waals surface area contributed by atoms with Gasteiger partial charge in [-0.1, -0.05) is 56.3 Å². The summed E-state index contributed by atoms with van der Waals surface area (Å²) >= 11 is 0. The van der Waals surface area contributed by atoms with E-state index in [1.54, 1.807) is 6.92 Å². The Morgan fingerprint density at radius 1 is 1.11 bits per heavy atom. The molecule has 0 fully saturated rings. The van der Waals surface area contributed by atoms with Gasteiger partial charge < -0.3 is 19.4 Å². The van der Waals surface area contributed by atoms with Crippen LogP contribution >= 0.6 is 0 Å². The number of nitrogens with one attached hydrogen (secondary N) is 1. The first-order valence-electron chi connectivity index (χ1n) is 12.1. The lowest BCUT2D eigenvalue weighted by Gasteiger charge is -2.29. The largest absolute Gasteiger partial charge is 0.502 e. The number of hydrogen-bond acceptors (Lipinski definition) is 4. The molecule has 180 valence electrons. The first-order valence-corrected chi connectivity index (χ1v) is 12.1. The molecule has 6 heteroatoms. The van der Waals surface area contributed by atoms with Gasteiger partial charge in [0.25, 0.3) is 0 Å². The molecule has 1 aliphatic rings. The lowest BCUT2D eigenvalue weighted by atomic mass is 9.89. The lowest BCUT2D eigenvalue weighted by Crippen LogP contribution is -2.36. The number of para-hydroxylation sites is 1. The number of carbonyl (C=O) groups excluding carboxylic acids is 1. The molecule has 2 aromatic carbocycles. The minimum absolute atomic E-state index is 0.0456. The van der Waals surface area contributed by atoms with Crippen molar-refractivity contribution in [1.82, 2.24) is 9.88 Å². The van der Waals surface area contributed by atoms with Crippen LogP contribution in [0.25, 0.3) is 10.9 Å². The highest BCUT2D eigenvalue weighted by Gasteiger charge is 2.30. The second-order valence-corrected chi connectivity index (χ2v) is 9.71. The summed E-state index contributed by atoms with van der Waals surface area (Å²) in [5.41, 5.74) is 4.93. The van der Waals surface area contributed by atoms with Crippen molar-refractivity contribution in [3.8, 4) is 5.75 Å². The number of rotatable bonds is 5. The molecule has 0 saturated carbocycles. The van der Waals surface area contributed by atoms with E-state index in [2.05, 4.69) is 31.0 Å². The topological polar surface area (TPSA) is 86.5 Å². The summed E-state index contributed by atoms with van der Waals surface area (Å²) in [4.78, 5) is 31.2. The third-order valence-electron chi connectivity index (χ3n) is 7.01. The van der Waals surface area contributed by atoms with Crippen molar-refractivity contribution in [1.29, 1.82) is 0 Å². The summed E-state index contributed by atoms with van der Waals surface area (Å²) < 4.78 is 5.84. The number of nitrogens with zero attached hydrogens (tertiary/aromatic N) is 1. The van der Waals surface area contributed by atoms with E-state index in [0.717, 1.165) is 23.2 Å². The van der Waals surface area contributed by atoms with Gasteiger partial charge in [-0.2, -0.15) is 0 Å². The molecule has 0 spiro atoms. The molecule has 1 amide bonds. The van der Waals surface area contributed by atoms with Crippen LogP contribution in [0.2, 0.25) is 0 Å². The first-order chi connectivity index (χ1) is 16.8. The molecule has 3 heterocycles. The minimum Gasteiger partial charge on any atom is -0.502 e. The van der Waals surface area contributed by atoms with Gasteiger partial charge in [0.15, 0.2) is 5.76 Å². The molecule has 0 radical (unpaired) electrons. The molecule has 2 aromatic heterocycles. The summed E-state index contributed by atoms with van der Waals surface area (Å²) in [6.45, 7) is 7.04. The Balaban J connectivity index is 1.46. The van der Waals surface area contributed by atoms with Crippen LogP contribution in [0.15, 0.2) is 63.8 Å². The van der Waals surface area contributed by atoms with Crippen LogP contribution in [0.1, 0.15) is 66.0 Å². The fourth-order valence-electron chi connectivity index (χ4n) is 5.05. The Kier molecular flexibility index (Phi) is 5.97. The van der Waals surface area contributed by atoms with Crippen molar-refractivity contribution in [2.75, 3.05) is 6.54 Å². The Bertz CT molecular complexity index is 1450. The highest BCUT2D eigenvalue weighted by Crippen LogP contribution is 2.35. The van der Waals surface area contributed by atoms with Gasteiger partial charge in [0, 0.05) is 35.6 Å². The van der Waals surface area contributed by atoms with Crippen molar-refractivity contribution in [2.24, 2.45) is 0 Å². The Morgan fingerprint density at radius 2 is 1.83 bits per heavy atom. The van der Waals surface area contributed by atoms with Crippen LogP contribution in [0, 0.1) is 6.92 Å². The quantitative estimate of drug-likeness (QED) is 0.411. The highest BCUT2D eigenvalue weighted by molar-refractivity contribution is 5.86. The molecule has 0 aliphatic carbocycles. The monoisotopic (exact) mass is 470 g/mol. The van der Waals surface area contributed by atoms with Gasteiger partial charge in [0.2, 0.25) is 17.1 Å². The summed E-state index contributed by atoms with van der Waals surface area (Å²) in [6.07, 6.45) is 0.875. The average Bonchev–Trinajstić information content (AvgIpc) is 3.22. The van der Waals surface area contributed by atoms with Crippen LogP contribution < -0.4 is 5.43 Å². The molecule has 4 aromatic rings. The van der Waals surface area contributed by atoms with E-state index >= 15 is 0 Å². The van der Waals surface area contributed by atoms with E-state index in [-0.39, 0.29) is 18.1 Å². The predicted octanol–water partition coefficient (Wildman–Crippen LogP) is 5.37. The molecule has 0 saturated heterocycles. The number of benzene rings is 2. The van der Waals surface area contributed by atoms with Crippen LogP contribution in [0.3, 0.4) is 0 Å². The van der Waals surface area contributed by atoms with Crippen molar-refractivity contribution in [2.45, 2.75) is 52.0 Å². The van der Waals surface area contributed by atoms with Gasteiger partial charge in [0.1, 0.15) is 5.76 Å². The maximum absolute atomic E-state index is 13.5. The van der Waals surface area contributed by atoms with Gasteiger partial charge in [-0.3, -0.25) is 9.59 Å². The number of H-pyrrole nitrogens is 1. The normalized spacial score (nSPS) is 14.3. The lowest BCUT2D eigenvalue weighted by molar-refractivity contribution is -0.132. The van der Waals surface area contributed by atoms with E-state index in [4.69, 9.17) is 4.42 Å². The maximum Gasteiger partial charge on any atom is 0.227 e. The number of aromatic nitrogens is 1. The van der Waals surface area contributed by atoms with E-state index in [0.29, 0.717) is 24.8 Å². The second-order valence-electron chi connectivity index (χ2n) is 9.71. The van der Waals surface area contributed by atoms with Crippen LogP contribution in [-0.2, 0) is 17.8 Å². The maximum atomic E-state index is 13.5. The van der Waals surface area contributed by atoms with Crippen LogP contribution in [-0.4, -0.2) is 27.4 Å². The highest BCUT2D eigenvalue weighted by atomic mass is 16.4. The van der Waals surface area contributed by atoms with E-state index in [1.165, 1.54) is 22.6 Å². The predicted molar refractivity (Wildman–Crippen MR) is 136 cm³/mol. The Morgan fingerprint density at radius 3 is 2.57 bits per heavy atom. The van der Waals surface area contributed by atoms with Crippen molar-refractivity contribution in [3.05, 3.63) is 98.7 Å². The zero-order valence-electron chi connectivity index (χ0n) is 20.3. The number of aromatic amines is 1.